The van der Waals surface area contributed by atoms with Gasteiger partial charge in [-0.25, -0.2) is 0 Å². The van der Waals surface area contributed by atoms with Gasteiger partial charge in [0.15, 0.2) is 0 Å². The van der Waals surface area contributed by atoms with Crippen LogP contribution in [0.5, 0.6) is 0 Å². The Kier molecular flexibility index (Phi) is 4.77. The lowest BCUT2D eigenvalue weighted by Crippen LogP contribution is -2.42. The molecule has 1 N–H and O–H groups in total. The van der Waals surface area contributed by atoms with Crippen molar-refractivity contribution >= 4 is 5.97 Å². The van der Waals surface area contributed by atoms with Gasteiger partial charge in [0.1, 0.15) is 0 Å². The Bertz CT molecular complexity index is 458. The zero-order valence-electron chi connectivity index (χ0n) is 12.3. The first-order chi connectivity index (χ1) is 9.52. The molecule has 6 nitrogen and oxygen atoms in total. The van der Waals surface area contributed by atoms with E-state index in [1.54, 1.807) is 0 Å². The first-order valence-corrected chi connectivity index (χ1v) is 7.10. The Morgan fingerprint density at radius 2 is 2.35 bits per heavy atom. The lowest BCUT2D eigenvalue weighted by Gasteiger charge is -2.28. The normalized spacial score (nSPS) is 22.9. The predicted molar refractivity (Wildman–Crippen MR) is 74.4 cm³/mol. The van der Waals surface area contributed by atoms with Gasteiger partial charge in [0.05, 0.1) is 25.3 Å². The van der Waals surface area contributed by atoms with Crippen LogP contribution in [0.4, 0.5) is 0 Å². The second kappa shape index (κ2) is 6.37. The van der Waals surface area contributed by atoms with Crippen LogP contribution in [-0.4, -0.2) is 51.6 Å². The SMILES string of the molecule is CCN(Cc1cnn(C(C)C)c1)C1COCC1C(=O)O. The highest BCUT2D eigenvalue weighted by Gasteiger charge is 2.37. The van der Waals surface area contributed by atoms with Crippen molar-refractivity contribution in [3.8, 4) is 0 Å². The van der Waals surface area contributed by atoms with E-state index in [9.17, 15) is 9.90 Å². The summed E-state index contributed by atoms with van der Waals surface area (Å²) in [5, 5.41) is 13.6. The van der Waals surface area contributed by atoms with Crippen molar-refractivity contribution in [2.24, 2.45) is 5.92 Å². The fourth-order valence-electron chi connectivity index (χ4n) is 2.58. The number of hydrogen-bond donors (Lipinski definition) is 1. The third kappa shape index (κ3) is 3.19. The fourth-order valence-corrected chi connectivity index (χ4v) is 2.58. The quantitative estimate of drug-likeness (QED) is 0.853. The van der Waals surface area contributed by atoms with Crippen molar-refractivity contribution in [2.45, 2.75) is 39.4 Å². The average molecular weight is 281 g/mol. The molecule has 0 radical (unpaired) electrons. The number of carboxylic acid groups (broad SMARTS) is 1. The molecule has 1 fully saturated rings. The molecule has 1 saturated heterocycles. The van der Waals surface area contributed by atoms with E-state index in [0.29, 0.717) is 25.8 Å². The van der Waals surface area contributed by atoms with Gasteiger partial charge >= 0.3 is 5.97 Å². The van der Waals surface area contributed by atoms with E-state index in [1.165, 1.54) is 0 Å². The smallest absolute Gasteiger partial charge is 0.310 e. The lowest BCUT2D eigenvalue weighted by atomic mass is 10.0. The minimum Gasteiger partial charge on any atom is -0.481 e. The number of rotatable bonds is 6. The van der Waals surface area contributed by atoms with Crippen LogP contribution in [0.15, 0.2) is 12.4 Å². The van der Waals surface area contributed by atoms with Crippen LogP contribution in [0, 0.1) is 5.92 Å². The first kappa shape index (κ1) is 15.0. The number of aliphatic carboxylic acids is 1. The molecule has 1 aromatic heterocycles. The number of carboxylic acids is 1. The monoisotopic (exact) mass is 281 g/mol. The van der Waals surface area contributed by atoms with Gasteiger partial charge < -0.3 is 9.84 Å². The van der Waals surface area contributed by atoms with E-state index in [0.717, 1.165) is 12.1 Å². The zero-order valence-corrected chi connectivity index (χ0v) is 12.3. The van der Waals surface area contributed by atoms with Crippen LogP contribution < -0.4 is 0 Å². The van der Waals surface area contributed by atoms with Gasteiger partial charge in [0, 0.05) is 30.4 Å². The van der Waals surface area contributed by atoms with Gasteiger partial charge in [-0.2, -0.15) is 5.10 Å². The molecule has 0 aromatic carbocycles. The summed E-state index contributed by atoms with van der Waals surface area (Å²) in [7, 11) is 0. The minimum atomic E-state index is -0.774. The van der Waals surface area contributed by atoms with Crippen LogP contribution in [0.1, 0.15) is 32.4 Å². The largest absolute Gasteiger partial charge is 0.481 e. The topological polar surface area (TPSA) is 67.6 Å². The number of carbonyl (C=O) groups is 1. The molecule has 0 spiro atoms. The number of likely N-dealkylation sites (N-methyl/N-ethyl adjacent to an activating group) is 1. The number of aromatic nitrogens is 2. The Labute approximate surface area is 119 Å². The minimum absolute atomic E-state index is 0.0556. The molecule has 1 aliphatic heterocycles. The molecule has 2 heterocycles. The summed E-state index contributed by atoms with van der Waals surface area (Å²) >= 11 is 0. The molecule has 0 saturated carbocycles. The molecule has 0 aliphatic carbocycles. The maximum Gasteiger partial charge on any atom is 0.310 e. The van der Waals surface area contributed by atoms with Gasteiger partial charge in [-0.1, -0.05) is 6.92 Å². The summed E-state index contributed by atoms with van der Waals surface area (Å²) in [6.07, 6.45) is 3.88. The Morgan fingerprint density at radius 3 is 2.90 bits per heavy atom. The molecular formula is C14H23N3O3. The molecule has 112 valence electrons. The molecule has 0 amide bonds. The molecule has 2 atom stereocenters. The van der Waals surface area contributed by atoms with E-state index in [4.69, 9.17) is 4.74 Å². The van der Waals surface area contributed by atoms with Crippen LogP contribution in [0.2, 0.25) is 0 Å². The molecular weight excluding hydrogens is 258 g/mol. The summed E-state index contributed by atoms with van der Waals surface area (Å²) in [4.78, 5) is 13.4. The maximum absolute atomic E-state index is 11.3. The first-order valence-electron chi connectivity index (χ1n) is 7.10. The highest BCUT2D eigenvalue weighted by molar-refractivity contribution is 5.71. The van der Waals surface area contributed by atoms with Crippen LogP contribution in [-0.2, 0) is 16.1 Å². The summed E-state index contributed by atoms with van der Waals surface area (Å²) in [5.41, 5.74) is 1.11. The predicted octanol–water partition coefficient (Wildman–Crippen LogP) is 1.39. The number of hydrogen-bond acceptors (Lipinski definition) is 4. The van der Waals surface area contributed by atoms with Gasteiger partial charge in [0.25, 0.3) is 0 Å². The van der Waals surface area contributed by atoms with Crippen molar-refractivity contribution < 1.29 is 14.6 Å². The van der Waals surface area contributed by atoms with E-state index < -0.39 is 11.9 Å². The molecule has 1 aromatic rings. The van der Waals surface area contributed by atoms with Gasteiger partial charge in [0.2, 0.25) is 0 Å². The molecule has 2 rings (SSSR count). The average Bonchev–Trinajstić information content (AvgIpc) is 3.04. The highest BCUT2D eigenvalue weighted by Crippen LogP contribution is 2.22. The third-order valence-corrected chi connectivity index (χ3v) is 3.81. The summed E-state index contributed by atoms with van der Waals surface area (Å²) in [6, 6.07) is 0.278. The zero-order chi connectivity index (χ0) is 14.7. The Hall–Kier alpha value is -1.40. The van der Waals surface area contributed by atoms with Gasteiger partial charge in [-0.3, -0.25) is 14.4 Å². The molecule has 20 heavy (non-hydrogen) atoms. The second-order valence-corrected chi connectivity index (χ2v) is 5.53. The Balaban J connectivity index is 2.06. The van der Waals surface area contributed by atoms with Crippen molar-refractivity contribution in [1.29, 1.82) is 0 Å². The standard InChI is InChI=1S/C14H23N3O3/c1-4-16(13-9-20-8-12(13)14(18)19)6-11-5-15-17(7-11)10(2)3/h5,7,10,12-13H,4,6,8-9H2,1-3H3,(H,18,19). The third-order valence-electron chi connectivity index (χ3n) is 3.81. The van der Waals surface area contributed by atoms with Gasteiger partial charge in [-0.15, -0.1) is 0 Å². The van der Waals surface area contributed by atoms with Crippen LogP contribution in [0.3, 0.4) is 0 Å². The van der Waals surface area contributed by atoms with Crippen LogP contribution in [0.25, 0.3) is 0 Å². The molecule has 2 unspecified atom stereocenters. The Morgan fingerprint density at radius 1 is 1.60 bits per heavy atom. The van der Waals surface area contributed by atoms with E-state index in [-0.39, 0.29) is 6.04 Å². The van der Waals surface area contributed by atoms with Crippen molar-refractivity contribution in [2.75, 3.05) is 19.8 Å². The lowest BCUT2D eigenvalue weighted by molar-refractivity contribution is -0.143. The second-order valence-electron chi connectivity index (χ2n) is 5.53. The number of nitrogens with zero attached hydrogens (tertiary/aromatic N) is 3. The van der Waals surface area contributed by atoms with E-state index in [1.807, 2.05) is 24.0 Å². The van der Waals surface area contributed by atoms with E-state index in [2.05, 4.69) is 23.8 Å². The fraction of sp³-hybridized carbons (Fsp3) is 0.714. The molecule has 0 bridgehead atoms. The van der Waals surface area contributed by atoms with Gasteiger partial charge in [-0.05, 0) is 20.4 Å². The van der Waals surface area contributed by atoms with Crippen molar-refractivity contribution in [3.05, 3.63) is 18.0 Å². The van der Waals surface area contributed by atoms with Crippen molar-refractivity contribution in [1.82, 2.24) is 14.7 Å². The highest BCUT2D eigenvalue weighted by atomic mass is 16.5. The van der Waals surface area contributed by atoms with E-state index >= 15 is 0 Å². The maximum atomic E-state index is 11.3. The van der Waals surface area contributed by atoms with Crippen molar-refractivity contribution in [3.63, 3.8) is 0 Å². The molecule has 6 heteroatoms. The summed E-state index contributed by atoms with van der Waals surface area (Å²) in [5.74, 6) is -1.21. The summed E-state index contributed by atoms with van der Waals surface area (Å²) < 4.78 is 7.27. The summed E-state index contributed by atoms with van der Waals surface area (Å²) in [6.45, 7) is 8.51. The van der Waals surface area contributed by atoms with Crippen LogP contribution >= 0.6 is 0 Å². The molecule has 1 aliphatic rings. The number of ether oxygens (including phenoxy) is 1.